The predicted octanol–water partition coefficient (Wildman–Crippen LogP) is -0.625. The summed E-state index contributed by atoms with van der Waals surface area (Å²) in [6, 6.07) is 0. The van der Waals surface area contributed by atoms with Crippen LogP contribution in [0.3, 0.4) is 0 Å². The van der Waals surface area contributed by atoms with E-state index >= 15 is 0 Å². The average molecular weight is 229 g/mol. The molecule has 0 saturated heterocycles. The fourth-order valence-electron chi connectivity index (χ4n) is 0.825. The van der Waals surface area contributed by atoms with Gasteiger partial charge < -0.3 is 15.8 Å². The Hall–Kier alpha value is -1.47. The van der Waals surface area contributed by atoms with Gasteiger partial charge in [-0.3, -0.25) is 9.59 Å². The summed E-state index contributed by atoms with van der Waals surface area (Å²) >= 11 is 1.35. The van der Waals surface area contributed by atoms with E-state index < -0.39 is 5.91 Å². The van der Waals surface area contributed by atoms with Gasteiger partial charge in [-0.25, -0.2) is 4.98 Å². The summed E-state index contributed by atoms with van der Waals surface area (Å²) in [5.41, 5.74) is 6.82. The molecule has 0 aliphatic heterocycles. The number of primary amides is 1. The molecule has 0 atom stereocenters. The van der Waals surface area contributed by atoms with Gasteiger partial charge in [0.25, 0.3) is 5.91 Å². The molecule has 15 heavy (non-hydrogen) atoms. The molecule has 0 unspecified atom stereocenters. The first kappa shape index (κ1) is 11.6. The fourth-order valence-corrected chi connectivity index (χ4v) is 1.36. The molecule has 0 spiro atoms. The number of hydrogen-bond acceptors (Lipinski definition) is 5. The summed E-state index contributed by atoms with van der Waals surface area (Å²) in [5.74, 6) is -0.778. The van der Waals surface area contributed by atoms with E-state index in [0.717, 1.165) is 0 Å². The van der Waals surface area contributed by atoms with Crippen LogP contribution in [0, 0.1) is 0 Å². The highest BCUT2D eigenvalue weighted by Gasteiger charge is 2.05. The summed E-state index contributed by atoms with van der Waals surface area (Å²) in [4.78, 5) is 25.4. The number of nitrogens with two attached hydrogens (primary N) is 1. The number of rotatable bonds is 6. The maximum Gasteiger partial charge on any atom is 0.270 e. The molecule has 0 aliphatic rings. The van der Waals surface area contributed by atoms with Crippen molar-refractivity contribution in [3.05, 3.63) is 16.6 Å². The molecule has 0 aliphatic carbocycles. The Morgan fingerprint density at radius 2 is 2.40 bits per heavy atom. The molecule has 1 aromatic heterocycles. The smallest absolute Gasteiger partial charge is 0.270 e. The van der Waals surface area contributed by atoms with Crippen LogP contribution < -0.4 is 11.1 Å². The summed E-state index contributed by atoms with van der Waals surface area (Å²) in [6.07, 6.45) is 0. The van der Waals surface area contributed by atoms with E-state index in [1.54, 1.807) is 10.9 Å². The first-order chi connectivity index (χ1) is 7.20. The lowest BCUT2D eigenvalue weighted by Gasteiger charge is -2.03. The Labute approximate surface area is 90.4 Å². The Morgan fingerprint density at radius 1 is 1.60 bits per heavy atom. The molecule has 1 rings (SSSR count). The van der Waals surface area contributed by atoms with Gasteiger partial charge in [0.2, 0.25) is 5.91 Å². The molecule has 6 nitrogen and oxygen atoms in total. The zero-order chi connectivity index (χ0) is 11.1. The molecule has 2 amide bonds. The number of nitrogens with one attached hydrogen (secondary N) is 1. The Morgan fingerprint density at radius 3 is 3.00 bits per heavy atom. The fraction of sp³-hybridized carbons (Fsp3) is 0.375. The quantitative estimate of drug-likeness (QED) is 0.635. The highest BCUT2D eigenvalue weighted by Crippen LogP contribution is 1.99. The van der Waals surface area contributed by atoms with E-state index in [9.17, 15) is 9.59 Å². The van der Waals surface area contributed by atoms with Crippen molar-refractivity contribution >= 4 is 23.2 Å². The van der Waals surface area contributed by atoms with Gasteiger partial charge in [-0.15, -0.1) is 11.3 Å². The molecular weight excluding hydrogens is 218 g/mol. The predicted molar refractivity (Wildman–Crippen MR) is 54.5 cm³/mol. The SMILES string of the molecule is NC(=O)COCCNC(=O)c1cscn1. The first-order valence-corrected chi connectivity index (χ1v) is 5.17. The summed E-state index contributed by atoms with van der Waals surface area (Å²) < 4.78 is 4.86. The van der Waals surface area contributed by atoms with Crippen LogP contribution >= 0.6 is 11.3 Å². The van der Waals surface area contributed by atoms with Crippen LogP contribution in [0.25, 0.3) is 0 Å². The van der Waals surface area contributed by atoms with Crippen molar-refractivity contribution in [1.29, 1.82) is 0 Å². The average Bonchev–Trinajstić information content (AvgIpc) is 2.69. The van der Waals surface area contributed by atoms with Crippen LogP contribution in [0.2, 0.25) is 0 Å². The molecular formula is C8H11N3O3S. The molecule has 0 fully saturated rings. The van der Waals surface area contributed by atoms with Gasteiger partial charge in [0.05, 0.1) is 12.1 Å². The van der Waals surface area contributed by atoms with Crippen molar-refractivity contribution in [2.45, 2.75) is 0 Å². The molecule has 0 bridgehead atoms. The lowest BCUT2D eigenvalue weighted by molar-refractivity contribution is -0.122. The minimum Gasteiger partial charge on any atom is -0.370 e. The molecule has 3 N–H and O–H groups in total. The molecule has 82 valence electrons. The third-order valence-electron chi connectivity index (χ3n) is 1.44. The highest BCUT2D eigenvalue weighted by molar-refractivity contribution is 7.07. The molecule has 1 aromatic rings. The van der Waals surface area contributed by atoms with Crippen molar-refractivity contribution in [3.63, 3.8) is 0 Å². The summed E-state index contributed by atoms with van der Waals surface area (Å²) in [5, 5.41) is 4.24. The van der Waals surface area contributed by atoms with Crippen LogP contribution in [0.15, 0.2) is 10.9 Å². The maximum atomic E-state index is 11.3. The van der Waals surface area contributed by atoms with E-state index in [2.05, 4.69) is 10.3 Å². The number of amides is 2. The number of carbonyl (C=O) groups is 2. The number of thiazole rings is 1. The number of ether oxygens (including phenoxy) is 1. The zero-order valence-corrected chi connectivity index (χ0v) is 8.75. The van der Waals surface area contributed by atoms with Crippen molar-refractivity contribution in [2.75, 3.05) is 19.8 Å². The first-order valence-electron chi connectivity index (χ1n) is 4.22. The maximum absolute atomic E-state index is 11.3. The standard InChI is InChI=1S/C8H11N3O3S/c9-7(12)3-14-2-1-10-8(13)6-4-15-5-11-6/h4-5H,1-3H2,(H2,9,12)(H,10,13). The second-order valence-corrected chi connectivity index (χ2v) is 3.37. The molecule has 1 heterocycles. The van der Waals surface area contributed by atoms with Crippen molar-refractivity contribution in [1.82, 2.24) is 10.3 Å². The van der Waals surface area contributed by atoms with Crippen molar-refractivity contribution in [3.8, 4) is 0 Å². The van der Waals surface area contributed by atoms with E-state index in [1.165, 1.54) is 11.3 Å². The Kier molecular flexibility index (Phi) is 4.72. The third kappa shape index (κ3) is 4.52. The van der Waals surface area contributed by atoms with Gasteiger partial charge in [-0.1, -0.05) is 0 Å². The highest BCUT2D eigenvalue weighted by atomic mass is 32.1. The second kappa shape index (κ2) is 6.10. The van der Waals surface area contributed by atoms with Crippen LogP contribution in [0.1, 0.15) is 10.5 Å². The van der Waals surface area contributed by atoms with Gasteiger partial charge >= 0.3 is 0 Å². The van der Waals surface area contributed by atoms with Gasteiger partial charge in [0, 0.05) is 11.9 Å². The number of aromatic nitrogens is 1. The number of nitrogens with zero attached hydrogens (tertiary/aromatic N) is 1. The zero-order valence-electron chi connectivity index (χ0n) is 7.93. The van der Waals surface area contributed by atoms with Crippen LogP contribution in [0.4, 0.5) is 0 Å². The van der Waals surface area contributed by atoms with E-state index in [4.69, 9.17) is 10.5 Å². The lowest BCUT2D eigenvalue weighted by atomic mass is 10.4. The normalized spacial score (nSPS) is 9.87. The van der Waals surface area contributed by atoms with Crippen molar-refractivity contribution < 1.29 is 14.3 Å². The van der Waals surface area contributed by atoms with E-state index in [1.807, 2.05) is 0 Å². The lowest BCUT2D eigenvalue weighted by Crippen LogP contribution is -2.28. The van der Waals surface area contributed by atoms with Crippen LogP contribution in [-0.2, 0) is 9.53 Å². The Balaban J connectivity index is 2.10. The van der Waals surface area contributed by atoms with Gasteiger partial charge in [-0.2, -0.15) is 0 Å². The van der Waals surface area contributed by atoms with Gasteiger partial charge in [0.15, 0.2) is 0 Å². The Bertz CT molecular complexity index is 326. The second-order valence-electron chi connectivity index (χ2n) is 2.65. The number of hydrogen-bond donors (Lipinski definition) is 2. The number of carbonyl (C=O) groups excluding carboxylic acids is 2. The third-order valence-corrected chi connectivity index (χ3v) is 2.03. The van der Waals surface area contributed by atoms with Crippen LogP contribution in [-0.4, -0.2) is 36.6 Å². The minimum absolute atomic E-state index is 0.132. The summed E-state index contributed by atoms with van der Waals surface area (Å²) in [6.45, 7) is 0.440. The molecule has 0 radical (unpaired) electrons. The van der Waals surface area contributed by atoms with Gasteiger partial charge in [0.1, 0.15) is 12.3 Å². The van der Waals surface area contributed by atoms with E-state index in [-0.39, 0.29) is 19.1 Å². The largest absolute Gasteiger partial charge is 0.370 e. The van der Waals surface area contributed by atoms with Crippen molar-refractivity contribution in [2.24, 2.45) is 5.73 Å². The monoisotopic (exact) mass is 229 g/mol. The molecule has 7 heteroatoms. The van der Waals surface area contributed by atoms with Crippen LogP contribution in [0.5, 0.6) is 0 Å². The van der Waals surface area contributed by atoms with Gasteiger partial charge in [-0.05, 0) is 0 Å². The topological polar surface area (TPSA) is 94.3 Å². The molecule has 0 saturated carbocycles. The summed E-state index contributed by atoms with van der Waals surface area (Å²) in [7, 11) is 0. The van der Waals surface area contributed by atoms with E-state index in [0.29, 0.717) is 12.2 Å². The molecule has 0 aromatic carbocycles. The minimum atomic E-state index is -0.527.